The van der Waals surface area contributed by atoms with Gasteiger partial charge in [0.1, 0.15) is 22.7 Å². The van der Waals surface area contributed by atoms with Crippen LogP contribution in [0.3, 0.4) is 0 Å². The van der Waals surface area contributed by atoms with Crippen molar-refractivity contribution in [3.63, 3.8) is 0 Å². The number of fused-ring (bicyclic) bond motifs is 1. The van der Waals surface area contributed by atoms with Gasteiger partial charge in [-0.15, -0.1) is 22.7 Å². The fourth-order valence-electron chi connectivity index (χ4n) is 8.64. The van der Waals surface area contributed by atoms with Gasteiger partial charge in [0.2, 0.25) is 16.4 Å². The van der Waals surface area contributed by atoms with Crippen LogP contribution in [-0.2, 0) is 32.0 Å². The number of hydrogen-bond acceptors (Lipinski definition) is 19. The summed E-state index contributed by atoms with van der Waals surface area (Å²) in [6.07, 6.45) is 0. The van der Waals surface area contributed by atoms with Crippen LogP contribution < -0.4 is 44.5 Å². The number of cyclic esters (lactones) is 2. The minimum Gasteiger partial charge on any atom is -0.545 e. The largest absolute Gasteiger partial charge is 1.00 e. The van der Waals surface area contributed by atoms with Crippen molar-refractivity contribution in [1.82, 2.24) is 0 Å². The average Bonchev–Trinajstić information content (AvgIpc) is 3.99. The van der Waals surface area contributed by atoms with Gasteiger partial charge in [-0.25, -0.2) is 28.9 Å². The molecule has 0 aliphatic carbocycles. The number of ether oxygens (including phenoxy) is 4. The zero-order chi connectivity index (χ0) is 63.0. The summed E-state index contributed by atoms with van der Waals surface area (Å²) in [4.78, 5) is 60.6. The standard InChI is InChI=1S/C33H29N5O5S.C25H25N5O2S.C8H4O3.Na/c1-22-19-25(13-14-28(22)36-37-31-30(35-3)23(2)29(20-34)44-31)38(21-24-9-5-4-6-10-24)15-16-42-17-18-43-33(41)27-12-8-7-11-26(27)32(39)40;1-18-16-21(30(12-14-32-15-13-31)17-20-8-6-5-7-9-20)10-11-22(18)28-29-25-23(26-3)19(2)24(27-4)33-25;9-7-5-3-1-2-4-6(5)8(10)11-7;/h4-14,19H,15-18,21H2,1-2H3,(H,39,40);5-11,16,31H,12-15,17H2,1-2H3;1-4H;/q;;;+1/p-1. The predicted octanol–water partition coefficient (Wildman–Crippen LogP) is 11.3. The van der Waals surface area contributed by atoms with Crippen molar-refractivity contribution in [2.75, 3.05) is 62.5 Å². The number of carbonyl (C=O) groups is 4. The number of nitrogens with zero attached hydrogens (tertiary/aromatic N) is 10. The number of carboxylic acid groups (broad SMARTS) is 1. The molecule has 1 aliphatic rings. The number of carbonyl (C=O) groups excluding carboxylic acids is 4. The van der Waals surface area contributed by atoms with Gasteiger partial charge < -0.3 is 43.8 Å². The third kappa shape index (κ3) is 19.0. The predicted molar refractivity (Wildman–Crippen MR) is 333 cm³/mol. The fraction of sp³-hybridized carbons (Fsp3) is 0.212. The van der Waals surface area contributed by atoms with E-state index in [-0.39, 0.29) is 60.5 Å². The second-order valence-electron chi connectivity index (χ2n) is 19.1. The van der Waals surface area contributed by atoms with Gasteiger partial charge in [0, 0.05) is 43.1 Å². The van der Waals surface area contributed by atoms with Crippen molar-refractivity contribution in [1.29, 1.82) is 5.26 Å². The molecule has 0 saturated carbocycles. The molecule has 0 saturated heterocycles. The molecule has 0 fully saturated rings. The second kappa shape index (κ2) is 34.7. The van der Waals surface area contributed by atoms with E-state index in [1.165, 1.54) is 35.1 Å². The first-order valence-corrected chi connectivity index (χ1v) is 28.8. The number of azo groups is 2. The summed E-state index contributed by atoms with van der Waals surface area (Å²) in [5.74, 6) is -3.30. The number of esters is 3. The molecule has 0 amide bonds. The number of anilines is 2. The molecule has 444 valence electrons. The van der Waals surface area contributed by atoms with Crippen molar-refractivity contribution in [2.24, 2.45) is 20.5 Å². The maximum absolute atomic E-state index is 12.3. The van der Waals surface area contributed by atoms with E-state index in [1.807, 2.05) is 92.7 Å². The van der Waals surface area contributed by atoms with E-state index in [0.717, 1.165) is 45.9 Å². The third-order valence-electron chi connectivity index (χ3n) is 13.2. The molecule has 3 heterocycles. The number of aliphatic hydroxyl groups excluding tert-OH is 1. The molecule has 8 aromatic rings. The zero-order valence-corrected chi connectivity index (χ0v) is 53.0. The first-order chi connectivity index (χ1) is 42.7. The smallest absolute Gasteiger partial charge is 0.545 e. The number of aliphatic hydroxyl groups is 1. The van der Waals surface area contributed by atoms with E-state index in [0.29, 0.717) is 104 Å². The Hall–Kier alpha value is -9.56. The monoisotopic (exact) mass is 1240 g/mol. The molecule has 1 N–H and O–H groups in total. The summed E-state index contributed by atoms with van der Waals surface area (Å²) in [6.45, 7) is 33.3. The molecular formula is C66H57N10NaO10S2. The number of carboxylic acids is 1. The molecule has 23 heteroatoms. The van der Waals surface area contributed by atoms with Gasteiger partial charge in [-0.1, -0.05) is 97.9 Å². The fourth-order valence-corrected chi connectivity index (χ4v) is 10.4. The van der Waals surface area contributed by atoms with Crippen LogP contribution in [0.2, 0.25) is 0 Å². The summed E-state index contributed by atoms with van der Waals surface area (Å²) < 4.78 is 20.8. The Kier molecular flexibility index (Phi) is 26.7. The van der Waals surface area contributed by atoms with Gasteiger partial charge in [-0.2, -0.15) is 25.7 Å². The van der Waals surface area contributed by atoms with Crippen LogP contribution in [0.4, 0.5) is 49.1 Å². The molecule has 6 aromatic carbocycles. The quantitative estimate of drug-likeness (QED) is 0.0157. The summed E-state index contributed by atoms with van der Waals surface area (Å²) >= 11 is 2.34. The first-order valence-electron chi connectivity index (χ1n) is 27.2. The van der Waals surface area contributed by atoms with Crippen LogP contribution in [0, 0.1) is 58.7 Å². The first kappa shape index (κ1) is 68.6. The molecule has 0 radical (unpaired) electrons. The SMILES string of the molecule is O=C1OC(=O)c2ccccc21.[C-]#[N+]c1c(N=Nc2ccc(N(CCOCCOC(=O)c3ccccc3C(=O)[O-])Cc3ccccc3)cc2C)sc(C#N)c1C.[C-]#[N+]c1sc(N=Nc2ccc(N(CCOCCO)Cc3ccccc3)cc2C)c([N+]#[C-])c1C.[Na+]. The Balaban J connectivity index is 0.000000245. The number of thiophene rings is 2. The summed E-state index contributed by atoms with van der Waals surface area (Å²) in [6, 6.07) is 46.4. The number of aryl methyl sites for hydroxylation is 2. The van der Waals surface area contributed by atoms with Gasteiger partial charge in [0.25, 0.3) is 0 Å². The van der Waals surface area contributed by atoms with Gasteiger partial charge >= 0.3 is 47.5 Å². The molecule has 89 heavy (non-hydrogen) atoms. The van der Waals surface area contributed by atoms with E-state index < -0.39 is 23.9 Å². The number of aromatic carboxylic acids is 1. The van der Waals surface area contributed by atoms with Crippen LogP contribution in [0.15, 0.2) is 166 Å². The maximum atomic E-state index is 12.3. The van der Waals surface area contributed by atoms with Crippen molar-refractivity contribution in [3.8, 4) is 6.07 Å². The van der Waals surface area contributed by atoms with Gasteiger partial charge in [-0.05, 0) is 109 Å². The van der Waals surface area contributed by atoms with E-state index in [9.17, 15) is 29.5 Å². The number of rotatable bonds is 23. The van der Waals surface area contributed by atoms with Crippen LogP contribution in [0.5, 0.6) is 0 Å². The van der Waals surface area contributed by atoms with E-state index in [2.05, 4.69) is 73.8 Å². The van der Waals surface area contributed by atoms with Crippen LogP contribution in [0.1, 0.15) is 79.7 Å². The van der Waals surface area contributed by atoms with Crippen LogP contribution in [0.25, 0.3) is 14.5 Å². The van der Waals surface area contributed by atoms with Crippen molar-refractivity contribution < 1.29 is 77.9 Å². The van der Waals surface area contributed by atoms with Crippen molar-refractivity contribution >= 4 is 95.7 Å². The number of hydrogen-bond donors (Lipinski definition) is 1. The maximum Gasteiger partial charge on any atom is 1.00 e. The Morgan fingerprint density at radius 2 is 1.08 bits per heavy atom. The van der Waals surface area contributed by atoms with Crippen LogP contribution >= 0.6 is 22.7 Å². The van der Waals surface area contributed by atoms with Crippen molar-refractivity contribution in [2.45, 2.75) is 40.8 Å². The number of nitriles is 1. The minimum atomic E-state index is -1.44. The molecule has 0 spiro atoms. The van der Waals surface area contributed by atoms with E-state index in [1.54, 1.807) is 44.2 Å². The Morgan fingerprint density at radius 3 is 1.55 bits per heavy atom. The van der Waals surface area contributed by atoms with Gasteiger partial charge in [0.05, 0.1) is 91.7 Å². The Morgan fingerprint density at radius 1 is 0.607 bits per heavy atom. The number of benzene rings is 6. The molecule has 2 aromatic heterocycles. The molecule has 0 bridgehead atoms. The molecule has 1 aliphatic heterocycles. The topological polar surface area (TPSA) is 241 Å². The summed E-state index contributed by atoms with van der Waals surface area (Å²) in [7, 11) is 0. The molecule has 0 unspecified atom stereocenters. The van der Waals surface area contributed by atoms with E-state index in [4.69, 9.17) is 39.0 Å². The van der Waals surface area contributed by atoms with Gasteiger partial charge in [0.15, 0.2) is 0 Å². The molecular weight excluding hydrogens is 1180 g/mol. The minimum absolute atomic E-state index is 0. The Bertz CT molecular complexity index is 4000. The summed E-state index contributed by atoms with van der Waals surface area (Å²) in [5.41, 5.74) is 9.91. The molecule has 20 nitrogen and oxygen atoms in total. The Labute approximate surface area is 545 Å². The second-order valence-corrected chi connectivity index (χ2v) is 21.1. The third-order valence-corrected chi connectivity index (χ3v) is 15.4. The summed E-state index contributed by atoms with van der Waals surface area (Å²) in [5, 5.41) is 48.1. The van der Waals surface area contributed by atoms with Gasteiger partial charge in [-0.3, -0.25) is 0 Å². The van der Waals surface area contributed by atoms with Crippen molar-refractivity contribution in [3.05, 3.63) is 240 Å². The van der Waals surface area contributed by atoms with E-state index >= 15 is 0 Å². The normalized spacial score (nSPS) is 11.1. The molecule has 9 rings (SSSR count). The molecule has 0 atom stereocenters. The van der Waals surface area contributed by atoms with Crippen LogP contribution in [-0.4, -0.2) is 81.7 Å². The average molecular weight is 1240 g/mol. The zero-order valence-electron chi connectivity index (χ0n) is 49.3.